The molecule has 1 heterocycles. The van der Waals surface area contributed by atoms with Crippen molar-refractivity contribution in [3.63, 3.8) is 0 Å². The molecule has 0 atom stereocenters. The Bertz CT molecular complexity index is 1240. The number of aromatic nitrogens is 2. The Morgan fingerprint density at radius 1 is 0.909 bits per heavy atom. The average Bonchev–Trinajstić information content (AvgIpc) is 3.33. The zero-order valence-electron chi connectivity index (χ0n) is 17.6. The number of ether oxygens (including phenoxy) is 1. The quantitative estimate of drug-likeness (QED) is 0.366. The van der Waals surface area contributed by atoms with Gasteiger partial charge in [0.05, 0.1) is 24.1 Å². The third kappa shape index (κ3) is 5.78. The minimum atomic E-state index is -0.340. The molecule has 0 aliphatic heterocycles. The number of rotatable bonds is 8. The number of carbonyl (C=O) groups is 2. The second kappa shape index (κ2) is 10.5. The molecule has 9 heteroatoms. The van der Waals surface area contributed by atoms with E-state index in [4.69, 9.17) is 9.15 Å². The molecular weight excluding hydrogens is 440 g/mol. The Labute approximate surface area is 194 Å². The van der Waals surface area contributed by atoms with Gasteiger partial charge in [-0.25, -0.2) is 0 Å². The number of hydrogen-bond donors (Lipinski definition) is 2. The van der Waals surface area contributed by atoms with Gasteiger partial charge in [0.15, 0.2) is 0 Å². The number of hydrogen-bond acceptors (Lipinski definition) is 7. The standard InChI is InChI=1S/C24H20N4O4S/c1-31-18-13-11-17(12-14-18)25-22(30)19-9-5-6-10-20(19)26-21(29)15-33-24-28-27-23(32-24)16-7-3-2-4-8-16/h2-14H,15H2,1H3,(H,25,30)(H,26,29). The smallest absolute Gasteiger partial charge is 0.277 e. The van der Waals surface area contributed by atoms with Crippen LogP contribution in [0.2, 0.25) is 0 Å². The molecule has 8 nitrogen and oxygen atoms in total. The molecule has 0 bridgehead atoms. The molecule has 0 saturated heterocycles. The zero-order chi connectivity index (χ0) is 23.0. The van der Waals surface area contributed by atoms with E-state index >= 15 is 0 Å². The van der Waals surface area contributed by atoms with Crippen LogP contribution in [0.3, 0.4) is 0 Å². The van der Waals surface area contributed by atoms with Crippen molar-refractivity contribution in [2.45, 2.75) is 5.22 Å². The summed E-state index contributed by atoms with van der Waals surface area (Å²) in [5.41, 5.74) is 2.17. The molecule has 2 N–H and O–H groups in total. The molecule has 4 aromatic rings. The normalized spacial score (nSPS) is 10.5. The largest absolute Gasteiger partial charge is 0.497 e. The van der Waals surface area contributed by atoms with Gasteiger partial charge in [0.2, 0.25) is 11.8 Å². The highest BCUT2D eigenvalue weighted by molar-refractivity contribution is 7.99. The Hall–Kier alpha value is -4.11. The molecule has 0 fully saturated rings. The maximum Gasteiger partial charge on any atom is 0.277 e. The van der Waals surface area contributed by atoms with Crippen LogP contribution in [0, 0.1) is 0 Å². The number of benzene rings is 3. The highest BCUT2D eigenvalue weighted by Crippen LogP contribution is 2.24. The van der Waals surface area contributed by atoms with Crippen LogP contribution in [-0.4, -0.2) is 34.9 Å². The van der Waals surface area contributed by atoms with E-state index in [-0.39, 0.29) is 22.8 Å². The summed E-state index contributed by atoms with van der Waals surface area (Å²) >= 11 is 1.12. The van der Waals surface area contributed by atoms with Crippen LogP contribution < -0.4 is 15.4 Å². The van der Waals surface area contributed by atoms with Crippen molar-refractivity contribution in [1.29, 1.82) is 0 Å². The van der Waals surface area contributed by atoms with Crippen molar-refractivity contribution >= 4 is 35.0 Å². The van der Waals surface area contributed by atoms with Crippen LogP contribution in [0.5, 0.6) is 5.75 Å². The molecule has 0 radical (unpaired) electrons. The molecule has 3 aromatic carbocycles. The second-order valence-corrected chi connectivity index (χ2v) is 7.73. The van der Waals surface area contributed by atoms with Gasteiger partial charge in [-0.2, -0.15) is 0 Å². The lowest BCUT2D eigenvalue weighted by molar-refractivity contribution is -0.113. The fourth-order valence-corrected chi connectivity index (χ4v) is 3.51. The molecule has 2 amide bonds. The van der Waals surface area contributed by atoms with Crippen LogP contribution in [0.25, 0.3) is 11.5 Å². The minimum absolute atomic E-state index is 0.0465. The summed E-state index contributed by atoms with van der Waals surface area (Å²) < 4.78 is 10.7. The third-order valence-electron chi connectivity index (χ3n) is 4.55. The summed E-state index contributed by atoms with van der Waals surface area (Å²) in [7, 11) is 1.57. The highest BCUT2D eigenvalue weighted by atomic mass is 32.2. The van der Waals surface area contributed by atoms with E-state index < -0.39 is 0 Å². The first-order chi connectivity index (χ1) is 16.1. The van der Waals surface area contributed by atoms with Gasteiger partial charge in [0, 0.05) is 11.3 Å². The van der Waals surface area contributed by atoms with E-state index in [1.54, 1.807) is 55.6 Å². The molecule has 166 valence electrons. The van der Waals surface area contributed by atoms with Crippen molar-refractivity contribution in [2.24, 2.45) is 0 Å². The Morgan fingerprint density at radius 3 is 2.39 bits per heavy atom. The number of methoxy groups -OCH3 is 1. The van der Waals surface area contributed by atoms with Gasteiger partial charge in [-0.05, 0) is 48.5 Å². The molecule has 0 unspecified atom stereocenters. The van der Waals surface area contributed by atoms with E-state index in [0.717, 1.165) is 17.3 Å². The lowest BCUT2D eigenvalue weighted by Gasteiger charge is -2.11. The molecule has 0 saturated carbocycles. The van der Waals surface area contributed by atoms with Gasteiger partial charge < -0.3 is 19.8 Å². The van der Waals surface area contributed by atoms with Crippen LogP contribution in [0.4, 0.5) is 11.4 Å². The summed E-state index contributed by atoms with van der Waals surface area (Å²) in [5.74, 6) is 0.483. The summed E-state index contributed by atoms with van der Waals surface area (Å²) in [4.78, 5) is 25.3. The van der Waals surface area contributed by atoms with Crippen LogP contribution in [0.15, 0.2) is 88.5 Å². The van der Waals surface area contributed by atoms with Gasteiger partial charge >= 0.3 is 0 Å². The third-order valence-corrected chi connectivity index (χ3v) is 5.37. The van der Waals surface area contributed by atoms with Crippen LogP contribution >= 0.6 is 11.8 Å². The first-order valence-corrected chi connectivity index (χ1v) is 11.0. The fourth-order valence-electron chi connectivity index (χ4n) is 2.94. The highest BCUT2D eigenvalue weighted by Gasteiger charge is 2.15. The molecule has 0 aliphatic carbocycles. The van der Waals surface area contributed by atoms with Crippen molar-refractivity contribution in [2.75, 3.05) is 23.5 Å². The van der Waals surface area contributed by atoms with Crippen LogP contribution in [0.1, 0.15) is 10.4 Å². The van der Waals surface area contributed by atoms with Gasteiger partial charge in [-0.15, -0.1) is 10.2 Å². The number of nitrogens with zero attached hydrogens (tertiary/aromatic N) is 2. The Morgan fingerprint density at radius 2 is 1.64 bits per heavy atom. The summed E-state index contributed by atoms with van der Waals surface area (Å²) in [6.45, 7) is 0. The SMILES string of the molecule is COc1ccc(NC(=O)c2ccccc2NC(=O)CSc2nnc(-c3ccccc3)o2)cc1. The first kappa shape index (κ1) is 22.1. The Kier molecular flexibility index (Phi) is 7.01. The first-order valence-electron chi connectivity index (χ1n) is 9.98. The molecule has 1 aromatic heterocycles. The number of anilines is 2. The molecule has 33 heavy (non-hydrogen) atoms. The molecule has 4 rings (SSSR count). The van der Waals surface area contributed by atoms with Crippen LogP contribution in [-0.2, 0) is 4.79 Å². The van der Waals surface area contributed by atoms with Crippen molar-refractivity contribution < 1.29 is 18.7 Å². The van der Waals surface area contributed by atoms with E-state index in [1.165, 1.54) is 0 Å². The second-order valence-electron chi connectivity index (χ2n) is 6.80. The lowest BCUT2D eigenvalue weighted by Crippen LogP contribution is -2.19. The van der Waals surface area contributed by atoms with Gasteiger partial charge in [-0.3, -0.25) is 9.59 Å². The number of para-hydroxylation sites is 1. The van der Waals surface area contributed by atoms with E-state index in [2.05, 4.69) is 20.8 Å². The van der Waals surface area contributed by atoms with Crippen molar-refractivity contribution in [3.05, 3.63) is 84.4 Å². The van der Waals surface area contributed by atoms with Gasteiger partial charge in [-0.1, -0.05) is 42.1 Å². The average molecular weight is 461 g/mol. The zero-order valence-corrected chi connectivity index (χ0v) is 18.5. The number of nitrogens with one attached hydrogen (secondary N) is 2. The van der Waals surface area contributed by atoms with Gasteiger partial charge in [0.1, 0.15) is 5.75 Å². The maximum absolute atomic E-state index is 12.8. The van der Waals surface area contributed by atoms with E-state index in [9.17, 15) is 9.59 Å². The summed E-state index contributed by atoms with van der Waals surface area (Å²) in [5, 5.41) is 13.9. The topological polar surface area (TPSA) is 106 Å². The molecular formula is C24H20N4O4S. The maximum atomic E-state index is 12.8. The minimum Gasteiger partial charge on any atom is -0.497 e. The summed E-state index contributed by atoms with van der Waals surface area (Å²) in [6, 6.07) is 23.2. The predicted molar refractivity (Wildman–Crippen MR) is 126 cm³/mol. The van der Waals surface area contributed by atoms with Gasteiger partial charge in [0.25, 0.3) is 11.1 Å². The number of amides is 2. The number of thioether (sulfide) groups is 1. The molecule has 0 spiro atoms. The van der Waals surface area contributed by atoms with E-state index in [0.29, 0.717) is 28.6 Å². The summed E-state index contributed by atoms with van der Waals surface area (Å²) in [6.07, 6.45) is 0. The predicted octanol–water partition coefficient (Wildman–Crippen LogP) is 4.73. The van der Waals surface area contributed by atoms with Crippen molar-refractivity contribution in [3.8, 4) is 17.2 Å². The lowest BCUT2D eigenvalue weighted by atomic mass is 10.1. The van der Waals surface area contributed by atoms with Crippen molar-refractivity contribution in [1.82, 2.24) is 10.2 Å². The number of carbonyl (C=O) groups excluding carboxylic acids is 2. The van der Waals surface area contributed by atoms with E-state index in [1.807, 2.05) is 30.3 Å². The molecule has 0 aliphatic rings. The fraction of sp³-hybridized carbons (Fsp3) is 0.0833. The monoisotopic (exact) mass is 460 g/mol. The Balaban J connectivity index is 1.36.